The zero-order chi connectivity index (χ0) is 15.6. The van der Waals surface area contributed by atoms with Crippen molar-refractivity contribution in [3.05, 3.63) is 67.0 Å². The smallest absolute Gasteiger partial charge is 0.181 e. The molecule has 0 fully saturated rings. The van der Waals surface area contributed by atoms with E-state index in [1.165, 1.54) is 4.68 Å². The molecule has 0 saturated carbocycles. The predicted molar refractivity (Wildman–Crippen MR) is 83.2 cm³/mol. The summed E-state index contributed by atoms with van der Waals surface area (Å²) in [7, 11) is -3.50. The second-order valence-electron chi connectivity index (χ2n) is 4.74. The monoisotopic (exact) mass is 314 g/mol. The Morgan fingerprint density at radius 3 is 2.41 bits per heavy atom. The number of nitrogens with zero attached hydrogens (tertiary/aromatic N) is 2. The van der Waals surface area contributed by atoms with Gasteiger partial charge in [0.2, 0.25) is 0 Å². The number of rotatable bonds is 4. The van der Waals surface area contributed by atoms with E-state index in [4.69, 9.17) is 4.74 Å². The summed E-state index contributed by atoms with van der Waals surface area (Å²) in [4.78, 5) is 0.113. The number of aromatic nitrogens is 2. The molecule has 0 aliphatic carbocycles. The Morgan fingerprint density at radius 2 is 1.77 bits per heavy atom. The molecule has 1 aromatic heterocycles. The van der Waals surface area contributed by atoms with E-state index in [1.54, 1.807) is 48.8 Å². The lowest BCUT2D eigenvalue weighted by Gasteiger charge is -2.14. The maximum Gasteiger partial charge on any atom is 0.181 e. The summed E-state index contributed by atoms with van der Waals surface area (Å²) in [6.07, 6.45) is 4.44. The molecule has 6 heteroatoms. The molecule has 22 heavy (non-hydrogen) atoms. The van der Waals surface area contributed by atoms with Crippen LogP contribution in [0.4, 0.5) is 0 Å². The first-order valence-electron chi connectivity index (χ1n) is 6.62. The van der Waals surface area contributed by atoms with Crippen molar-refractivity contribution in [1.29, 1.82) is 0 Å². The minimum atomic E-state index is -3.50. The molecule has 0 aliphatic heterocycles. The van der Waals surface area contributed by atoms with Crippen molar-refractivity contribution < 1.29 is 13.2 Å². The van der Waals surface area contributed by atoms with Gasteiger partial charge in [-0.3, -0.25) is 0 Å². The lowest BCUT2D eigenvalue weighted by Crippen LogP contribution is -2.07. The maximum atomic E-state index is 12.2. The van der Waals surface area contributed by atoms with Gasteiger partial charge in [-0.25, -0.2) is 13.1 Å². The summed E-state index contributed by atoms with van der Waals surface area (Å²) >= 11 is 0. The maximum absolute atomic E-state index is 12.2. The van der Waals surface area contributed by atoms with Crippen LogP contribution < -0.4 is 4.74 Å². The normalized spacial score (nSPS) is 11.3. The lowest BCUT2D eigenvalue weighted by atomic mass is 10.3. The van der Waals surface area contributed by atoms with Gasteiger partial charge in [0, 0.05) is 18.6 Å². The molecule has 3 rings (SSSR count). The molecular formula is C16H14N2O3S. The van der Waals surface area contributed by atoms with Crippen LogP contribution >= 0.6 is 0 Å². The van der Waals surface area contributed by atoms with Crippen LogP contribution in [0.1, 0.15) is 0 Å². The Hall–Kier alpha value is -2.60. The van der Waals surface area contributed by atoms with Gasteiger partial charge in [0.25, 0.3) is 0 Å². The van der Waals surface area contributed by atoms with E-state index in [9.17, 15) is 8.42 Å². The number of para-hydroxylation sites is 1. The van der Waals surface area contributed by atoms with Crippen LogP contribution in [0.25, 0.3) is 5.69 Å². The summed E-state index contributed by atoms with van der Waals surface area (Å²) in [5, 5.41) is 4.11. The van der Waals surface area contributed by atoms with Crippen molar-refractivity contribution in [2.24, 2.45) is 0 Å². The lowest BCUT2D eigenvalue weighted by molar-refractivity contribution is 0.466. The quantitative estimate of drug-likeness (QED) is 0.742. The van der Waals surface area contributed by atoms with E-state index in [0.717, 1.165) is 6.26 Å². The zero-order valence-electron chi connectivity index (χ0n) is 11.9. The summed E-state index contributed by atoms with van der Waals surface area (Å²) < 4.78 is 31.7. The van der Waals surface area contributed by atoms with Crippen molar-refractivity contribution in [2.45, 2.75) is 4.90 Å². The molecule has 5 nitrogen and oxygen atoms in total. The van der Waals surface area contributed by atoms with E-state index < -0.39 is 9.84 Å². The molecule has 0 radical (unpaired) electrons. The molecular weight excluding hydrogens is 300 g/mol. The van der Waals surface area contributed by atoms with Gasteiger partial charge >= 0.3 is 0 Å². The SMILES string of the molecule is CS(=O)(=O)c1c(Oc2ccccc2)cccc1-n1cccn1. The summed E-state index contributed by atoms with van der Waals surface area (Å²) in [6.45, 7) is 0. The fourth-order valence-electron chi connectivity index (χ4n) is 2.16. The van der Waals surface area contributed by atoms with Gasteiger partial charge in [0.15, 0.2) is 9.84 Å². The molecule has 3 aromatic rings. The van der Waals surface area contributed by atoms with Crippen molar-refractivity contribution in [1.82, 2.24) is 9.78 Å². The van der Waals surface area contributed by atoms with Gasteiger partial charge in [-0.2, -0.15) is 5.10 Å². The molecule has 0 aliphatic rings. The molecule has 0 amide bonds. The van der Waals surface area contributed by atoms with Gasteiger partial charge in [0.1, 0.15) is 16.4 Å². The number of hydrogen-bond acceptors (Lipinski definition) is 4. The first-order valence-corrected chi connectivity index (χ1v) is 8.51. The van der Waals surface area contributed by atoms with Crippen LogP contribution in [0, 0.1) is 0 Å². The van der Waals surface area contributed by atoms with E-state index >= 15 is 0 Å². The van der Waals surface area contributed by atoms with Gasteiger partial charge in [-0.1, -0.05) is 24.3 Å². The highest BCUT2D eigenvalue weighted by Gasteiger charge is 2.21. The number of hydrogen-bond donors (Lipinski definition) is 0. The molecule has 1 heterocycles. The van der Waals surface area contributed by atoms with E-state index in [1.807, 2.05) is 18.2 Å². The standard InChI is InChI=1S/C16H14N2O3S/c1-22(19,20)16-14(18-12-6-11-17-18)9-5-10-15(16)21-13-7-3-2-4-8-13/h2-12H,1H3. The fraction of sp³-hybridized carbons (Fsp3) is 0.0625. The van der Waals surface area contributed by atoms with Gasteiger partial charge < -0.3 is 4.74 Å². The highest BCUT2D eigenvalue weighted by Crippen LogP contribution is 2.33. The second-order valence-corrected chi connectivity index (χ2v) is 6.69. The number of ether oxygens (including phenoxy) is 1. The van der Waals surface area contributed by atoms with Crippen LogP contribution in [0.15, 0.2) is 71.9 Å². The average Bonchev–Trinajstić information content (AvgIpc) is 3.01. The van der Waals surface area contributed by atoms with Crippen molar-refractivity contribution in [2.75, 3.05) is 6.26 Å². The van der Waals surface area contributed by atoms with Crippen LogP contribution in [-0.4, -0.2) is 24.5 Å². The van der Waals surface area contributed by atoms with E-state index in [-0.39, 0.29) is 10.6 Å². The average molecular weight is 314 g/mol. The van der Waals surface area contributed by atoms with E-state index in [2.05, 4.69) is 5.10 Å². The molecule has 112 valence electrons. The molecule has 2 aromatic carbocycles. The molecule has 0 saturated heterocycles. The van der Waals surface area contributed by atoms with E-state index in [0.29, 0.717) is 11.4 Å². The minimum Gasteiger partial charge on any atom is -0.456 e. The topological polar surface area (TPSA) is 61.2 Å². The molecule has 0 spiro atoms. The van der Waals surface area contributed by atoms with Gasteiger partial charge in [-0.05, 0) is 30.3 Å². The first-order chi connectivity index (χ1) is 10.6. The third-order valence-electron chi connectivity index (χ3n) is 3.05. The molecule has 0 bridgehead atoms. The van der Waals surface area contributed by atoms with Gasteiger partial charge in [-0.15, -0.1) is 0 Å². The Balaban J connectivity index is 2.17. The Labute approximate surface area is 128 Å². The third-order valence-corrected chi connectivity index (χ3v) is 4.20. The van der Waals surface area contributed by atoms with Crippen molar-refractivity contribution in [3.8, 4) is 17.2 Å². The third kappa shape index (κ3) is 2.87. The Kier molecular flexibility index (Phi) is 3.68. The molecule has 0 N–H and O–H groups in total. The summed E-state index contributed by atoms with van der Waals surface area (Å²) in [5.41, 5.74) is 0.459. The number of sulfone groups is 1. The fourth-order valence-corrected chi connectivity index (χ4v) is 3.18. The predicted octanol–water partition coefficient (Wildman–Crippen LogP) is 3.07. The Bertz CT molecular complexity index is 873. The van der Waals surface area contributed by atoms with Crippen LogP contribution in [0.3, 0.4) is 0 Å². The van der Waals surface area contributed by atoms with Gasteiger partial charge in [0.05, 0.1) is 5.69 Å². The molecule has 0 unspecified atom stereocenters. The number of benzene rings is 2. The highest BCUT2D eigenvalue weighted by molar-refractivity contribution is 7.91. The first kappa shape index (κ1) is 14.3. The Morgan fingerprint density at radius 1 is 1.00 bits per heavy atom. The van der Waals surface area contributed by atoms with Crippen LogP contribution in [0.5, 0.6) is 11.5 Å². The second kappa shape index (κ2) is 5.65. The van der Waals surface area contributed by atoms with Crippen molar-refractivity contribution in [3.63, 3.8) is 0 Å². The zero-order valence-corrected chi connectivity index (χ0v) is 12.7. The highest BCUT2D eigenvalue weighted by atomic mass is 32.2. The molecule has 0 atom stereocenters. The van der Waals surface area contributed by atoms with Crippen molar-refractivity contribution >= 4 is 9.84 Å². The minimum absolute atomic E-state index is 0.113. The summed E-state index contributed by atoms with van der Waals surface area (Å²) in [5.74, 6) is 0.853. The van der Waals surface area contributed by atoms with Crippen LogP contribution in [0.2, 0.25) is 0 Å². The largest absolute Gasteiger partial charge is 0.456 e. The summed E-state index contributed by atoms with van der Waals surface area (Å²) in [6, 6.07) is 15.9. The van der Waals surface area contributed by atoms with Crippen LogP contribution in [-0.2, 0) is 9.84 Å².